The predicted molar refractivity (Wildman–Crippen MR) is 93.4 cm³/mol. The second-order valence-electron chi connectivity index (χ2n) is 6.62. The molecule has 1 aromatic heterocycles. The van der Waals surface area contributed by atoms with E-state index in [9.17, 15) is 4.79 Å². The molecule has 6 heteroatoms. The van der Waals surface area contributed by atoms with Crippen molar-refractivity contribution in [2.45, 2.75) is 56.5 Å². The molecule has 1 heterocycles. The highest BCUT2D eigenvalue weighted by atomic mass is 32.2. The molecular formula is C17H24N4OS. The van der Waals surface area contributed by atoms with Crippen LogP contribution in [0, 0.1) is 0 Å². The molecule has 0 spiro atoms. The van der Waals surface area contributed by atoms with Gasteiger partial charge < -0.3 is 5.32 Å². The predicted octanol–water partition coefficient (Wildman–Crippen LogP) is 3.46. The Balaban J connectivity index is 1.94. The van der Waals surface area contributed by atoms with E-state index < -0.39 is 0 Å². The number of carbonyl (C=O) groups is 1. The van der Waals surface area contributed by atoms with Crippen molar-refractivity contribution in [2.24, 2.45) is 0 Å². The first-order chi connectivity index (χ1) is 10.8. The summed E-state index contributed by atoms with van der Waals surface area (Å²) in [5.74, 6) is 0.804. The van der Waals surface area contributed by atoms with E-state index in [1.807, 2.05) is 44.2 Å². The number of amides is 1. The summed E-state index contributed by atoms with van der Waals surface area (Å²) >= 11 is 1.36. The summed E-state index contributed by atoms with van der Waals surface area (Å²) in [6, 6.07) is 9.90. The Bertz CT molecular complexity index is 648. The van der Waals surface area contributed by atoms with Crippen molar-refractivity contribution >= 4 is 17.7 Å². The van der Waals surface area contributed by atoms with E-state index in [-0.39, 0.29) is 22.6 Å². The minimum absolute atomic E-state index is 0.0199. The van der Waals surface area contributed by atoms with Crippen LogP contribution in [0.2, 0.25) is 0 Å². The van der Waals surface area contributed by atoms with Gasteiger partial charge in [-0.25, -0.2) is 4.98 Å². The largest absolute Gasteiger partial charge is 0.349 e. The second kappa shape index (κ2) is 7.17. The summed E-state index contributed by atoms with van der Waals surface area (Å²) in [6.07, 6.45) is 0. The molecule has 5 nitrogen and oxygen atoms in total. The van der Waals surface area contributed by atoms with Gasteiger partial charge in [0.2, 0.25) is 11.1 Å². The zero-order valence-corrected chi connectivity index (χ0v) is 15.1. The average Bonchev–Trinajstić information content (AvgIpc) is 2.96. The number of hydrogen-bond donors (Lipinski definition) is 2. The molecule has 0 fully saturated rings. The highest BCUT2D eigenvalue weighted by molar-refractivity contribution is 8.00. The van der Waals surface area contributed by atoms with Crippen LogP contribution in [0.5, 0.6) is 0 Å². The first kappa shape index (κ1) is 17.5. The van der Waals surface area contributed by atoms with E-state index in [2.05, 4.69) is 41.3 Å². The zero-order chi connectivity index (χ0) is 17.0. The first-order valence-electron chi connectivity index (χ1n) is 7.72. The van der Waals surface area contributed by atoms with Gasteiger partial charge in [0.05, 0.1) is 11.3 Å². The Labute approximate surface area is 141 Å². The van der Waals surface area contributed by atoms with Crippen LogP contribution >= 0.6 is 11.8 Å². The van der Waals surface area contributed by atoms with Gasteiger partial charge in [-0.3, -0.25) is 9.89 Å². The third-order valence-electron chi connectivity index (χ3n) is 3.49. The van der Waals surface area contributed by atoms with Gasteiger partial charge in [0.1, 0.15) is 5.82 Å². The molecular weight excluding hydrogens is 308 g/mol. The summed E-state index contributed by atoms with van der Waals surface area (Å²) in [5.41, 5.74) is 1.00. The molecule has 23 heavy (non-hydrogen) atoms. The Morgan fingerprint density at radius 2 is 1.87 bits per heavy atom. The van der Waals surface area contributed by atoms with Crippen LogP contribution in [-0.4, -0.2) is 26.3 Å². The maximum Gasteiger partial charge on any atom is 0.233 e. The molecule has 0 aliphatic heterocycles. The quantitative estimate of drug-likeness (QED) is 0.823. The van der Waals surface area contributed by atoms with Crippen molar-refractivity contribution in [1.82, 2.24) is 20.5 Å². The van der Waals surface area contributed by atoms with Gasteiger partial charge in [-0.15, -0.1) is 5.10 Å². The van der Waals surface area contributed by atoms with E-state index in [1.54, 1.807) is 0 Å². The lowest BCUT2D eigenvalue weighted by Gasteiger charge is -2.17. The normalized spacial score (nSPS) is 14.3. The lowest BCUT2D eigenvalue weighted by Crippen LogP contribution is -2.33. The minimum atomic E-state index is -0.259. The number of carbonyl (C=O) groups excluding carboxylic acids is 1. The van der Waals surface area contributed by atoms with Crippen LogP contribution in [-0.2, 0) is 10.2 Å². The molecule has 0 aliphatic carbocycles. The summed E-state index contributed by atoms with van der Waals surface area (Å²) in [4.78, 5) is 16.8. The Hall–Kier alpha value is -1.82. The van der Waals surface area contributed by atoms with Crippen molar-refractivity contribution in [2.75, 3.05) is 0 Å². The van der Waals surface area contributed by atoms with E-state index in [0.29, 0.717) is 5.16 Å². The van der Waals surface area contributed by atoms with Crippen molar-refractivity contribution < 1.29 is 4.79 Å². The number of benzene rings is 1. The third-order valence-corrected chi connectivity index (χ3v) is 4.45. The van der Waals surface area contributed by atoms with Crippen molar-refractivity contribution in [3.05, 3.63) is 41.7 Å². The summed E-state index contributed by atoms with van der Waals surface area (Å²) in [5, 5.41) is 10.5. The second-order valence-corrected chi connectivity index (χ2v) is 7.93. The highest BCUT2D eigenvalue weighted by Crippen LogP contribution is 2.24. The topological polar surface area (TPSA) is 70.7 Å². The van der Waals surface area contributed by atoms with Crippen LogP contribution < -0.4 is 5.32 Å². The molecule has 1 aromatic carbocycles. The van der Waals surface area contributed by atoms with Crippen molar-refractivity contribution in [3.63, 3.8) is 0 Å². The molecule has 2 aromatic rings. The number of nitrogens with one attached hydrogen (secondary N) is 2. The van der Waals surface area contributed by atoms with E-state index in [0.717, 1.165) is 11.4 Å². The molecule has 2 N–H and O–H groups in total. The van der Waals surface area contributed by atoms with E-state index in [4.69, 9.17) is 0 Å². The SMILES string of the molecule is CC(Sc1n[nH]c(C(C)(C)C)n1)C(=O)NC(C)c1ccccc1. The number of aromatic nitrogens is 3. The lowest BCUT2D eigenvalue weighted by molar-refractivity contribution is -0.120. The number of nitrogens with zero attached hydrogens (tertiary/aromatic N) is 2. The molecule has 0 aliphatic rings. The first-order valence-corrected chi connectivity index (χ1v) is 8.60. The molecule has 0 saturated heterocycles. The number of H-pyrrole nitrogens is 1. The molecule has 1 amide bonds. The monoisotopic (exact) mass is 332 g/mol. The van der Waals surface area contributed by atoms with E-state index in [1.165, 1.54) is 11.8 Å². The minimum Gasteiger partial charge on any atom is -0.349 e. The smallest absolute Gasteiger partial charge is 0.233 e. The molecule has 2 rings (SSSR count). The van der Waals surface area contributed by atoms with Gasteiger partial charge in [-0.2, -0.15) is 0 Å². The summed E-state index contributed by atoms with van der Waals surface area (Å²) in [6.45, 7) is 10.1. The van der Waals surface area contributed by atoms with Crippen LogP contribution in [0.25, 0.3) is 0 Å². The van der Waals surface area contributed by atoms with Crippen LogP contribution in [0.1, 0.15) is 52.0 Å². The van der Waals surface area contributed by atoms with E-state index >= 15 is 0 Å². The van der Waals surface area contributed by atoms with Gasteiger partial charge >= 0.3 is 0 Å². The molecule has 124 valence electrons. The standard InChI is InChI=1S/C17H24N4OS/c1-11(13-9-7-6-8-10-13)18-14(22)12(2)23-16-19-15(20-21-16)17(3,4)5/h6-12H,1-5H3,(H,18,22)(H,19,20,21). The Morgan fingerprint density at radius 3 is 2.43 bits per heavy atom. The number of hydrogen-bond acceptors (Lipinski definition) is 4. The zero-order valence-electron chi connectivity index (χ0n) is 14.3. The highest BCUT2D eigenvalue weighted by Gasteiger charge is 2.22. The molecule has 0 radical (unpaired) electrons. The maximum atomic E-state index is 12.3. The van der Waals surface area contributed by atoms with Gasteiger partial charge in [-0.1, -0.05) is 62.9 Å². The van der Waals surface area contributed by atoms with Crippen molar-refractivity contribution in [1.29, 1.82) is 0 Å². The fourth-order valence-corrected chi connectivity index (χ4v) is 2.74. The van der Waals surface area contributed by atoms with Gasteiger partial charge in [0.25, 0.3) is 0 Å². The number of aromatic amines is 1. The summed E-state index contributed by atoms with van der Waals surface area (Å²) < 4.78 is 0. The van der Waals surface area contributed by atoms with Crippen LogP contribution in [0.4, 0.5) is 0 Å². The molecule has 2 atom stereocenters. The Kier molecular flexibility index (Phi) is 5.46. The fraction of sp³-hybridized carbons (Fsp3) is 0.471. The lowest BCUT2D eigenvalue weighted by atomic mass is 9.96. The van der Waals surface area contributed by atoms with Crippen LogP contribution in [0.15, 0.2) is 35.5 Å². The fourth-order valence-electron chi connectivity index (χ4n) is 2.00. The number of thioether (sulfide) groups is 1. The van der Waals surface area contributed by atoms with Gasteiger partial charge in [0.15, 0.2) is 0 Å². The maximum absolute atomic E-state index is 12.3. The van der Waals surface area contributed by atoms with Gasteiger partial charge in [-0.05, 0) is 19.4 Å². The molecule has 0 bridgehead atoms. The van der Waals surface area contributed by atoms with Gasteiger partial charge in [0, 0.05) is 5.41 Å². The number of rotatable bonds is 5. The Morgan fingerprint density at radius 1 is 1.22 bits per heavy atom. The van der Waals surface area contributed by atoms with Crippen molar-refractivity contribution in [3.8, 4) is 0 Å². The summed E-state index contributed by atoms with van der Waals surface area (Å²) in [7, 11) is 0. The molecule has 0 saturated carbocycles. The molecule has 2 unspecified atom stereocenters. The average molecular weight is 332 g/mol. The van der Waals surface area contributed by atoms with Crippen LogP contribution in [0.3, 0.4) is 0 Å². The third kappa shape index (κ3) is 4.82.